The maximum atomic E-state index is 5.71. The molecule has 1 aliphatic heterocycles. The minimum atomic E-state index is 0. The average Bonchev–Trinajstić information content (AvgIpc) is 3.55. The Kier molecular flexibility index (Phi) is 8.89. The molecule has 3 heterocycles. The Morgan fingerprint density at radius 3 is 2.71 bits per heavy atom. The molecule has 0 radical (unpaired) electrons. The van der Waals surface area contributed by atoms with Crippen molar-refractivity contribution in [1.82, 2.24) is 30.3 Å². The number of nitrogens with one attached hydrogen (secondary N) is 2. The molecule has 31 heavy (non-hydrogen) atoms. The van der Waals surface area contributed by atoms with Gasteiger partial charge >= 0.3 is 0 Å². The zero-order chi connectivity index (χ0) is 20.6. The Morgan fingerprint density at radius 1 is 1.16 bits per heavy atom. The molecule has 1 fully saturated rings. The molecule has 166 valence electrons. The zero-order valence-corrected chi connectivity index (χ0v) is 20.1. The highest BCUT2D eigenvalue weighted by molar-refractivity contribution is 14.0. The van der Waals surface area contributed by atoms with E-state index >= 15 is 0 Å². The van der Waals surface area contributed by atoms with E-state index < -0.39 is 0 Å². The summed E-state index contributed by atoms with van der Waals surface area (Å²) >= 11 is 0. The Morgan fingerprint density at radius 2 is 2.00 bits per heavy atom. The van der Waals surface area contributed by atoms with Gasteiger partial charge in [-0.15, -0.1) is 24.0 Å². The third-order valence-corrected chi connectivity index (χ3v) is 5.40. The van der Waals surface area contributed by atoms with Crippen LogP contribution in [0.25, 0.3) is 0 Å². The predicted octanol–water partition coefficient (Wildman–Crippen LogP) is 3.04. The van der Waals surface area contributed by atoms with Gasteiger partial charge in [0.05, 0.1) is 18.8 Å². The van der Waals surface area contributed by atoms with Crippen molar-refractivity contribution >= 4 is 29.9 Å². The molecular formula is C22H30IN7O. The number of aromatic nitrogens is 3. The maximum Gasteiger partial charge on any atom is 0.191 e. The number of benzene rings is 1. The molecule has 4 rings (SSSR count). The van der Waals surface area contributed by atoms with Crippen LogP contribution < -0.4 is 10.6 Å². The molecule has 1 aromatic carbocycles. The van der Waals surface area contributed by atoms with Crippen molar-refractivity contribution in [2.24, 2.45) is 4.99 Å². The number of hydrogen-bond donors (Lipinski definition) is 2. The lowest BCUT2D eigenvalue weighted by molar-refractivity contribution is 0.215. The van der Waals surface area contributed by atoms with Crippen LogP contribution in [0.5, 0.6) is 0 Å². The SMILES string of the molecule is CN=C(NCc1cccc(Cn2cncn2)c1)NCC(c1ccco1)N1CCCC1.I. The number of likely N-dealkylation sites (tertiary alicyclic amines) is 1. The topological polar surface area (TPSA) is 83.5 Å². The number of hydrogen-bond acceptors (Lipinski definition) is 5. The molecule has 0 amide bonds. The molecule has 2 aromatic heterocycles. The first-order valence-corrected chi connectivity index (χ1v) is 10.4. The van der Waals surface area contributed by atoms with Gasteiger partial charge in [-0.1, -0.05) is 24.3 Å². The second kappa shape index (κ2) is 11.8. The van der Waals surface area contributed by atoms with Crippen molar-refractivity contribution in [3.05, 3.63) is 72.2 Å². The van der Waals surface area contributed by atoms with Gasteiger partial charge in [0.1, 0.15) is 18.4 Å². The number of guanidine groups is 1. The predicted molar refractivity (Wildman–Crippen MR) is 131 cm³/mol. The fourth-order valence-electron chi connectivity index (χ4n) is 3.88. The van der Waals surface area contributed by atoms with E-state index in [1.54, 1.807) is 26.0 Å². The summed E-state index contributed by atoms with van der Waals surface area (Å²) in [6.07, 6.45) is 7.52. The van der Waals surface area contributed by atoms with Crippen molar-refractivity contribution in [2.75, 3.05) is 26.7 Å². The van der Waals surface area contributed by atoms with Crippen LogP contribution in [-0.2, 0) is 13.1 Å². The van der Waals surface area contributed by atoms with Gasteiger partial charge in [0.2, 0.25) is 0 Å². The van der Waals surface area contributed by atoms with Gasteiger partial charge in [-0.3, -0.25) is 9.89 Å². The van der Waals surface area contributed by atoms with Gasteiger partial charge in [0, 0.05) is 20.1 Å². The first kappa shape index (κ1) is 23.3. The summed E-state index contributed by atoms with van der Waals surface area (Å²) in [5.41, 5.74) is 2.38. The van der Waals surface area contributed by atoms with E-state index in [0.29, 0.717) is 13.1 Å². The lowest BCUT2D eigenvalue weighted by Crippen LogP contribution is -2.42. The van der Waals surface area contributed by atoms with Crippen LogP contribution >= 0.6 is 24.0 Å². The van der Waals surface area contributed by atoms with Crippen molar-refractivity contribution in [3.63, 3.8) is 0 Å². The van der Waals surface area contributed by atoms with Crippen LogP contribution in [0.3, 0.4) is 0 Å². The normalized spacial score (nSPS) is 15.5. The summed E-state index contributed by atoms with van der Waals surface area (Å²) in [7, 11) is 1.80. The first-order valence-electron chi connectivity index (χ1n) is 10.4. The zero-order valence-electron chi connectivity index (χ0n) is 17.8. The van der Waals surface area contributed by atoms with Gasteiger partial charge in [-0.25, -0.2) is 9.67 Å². The number of nitrogens with zero attached hydrogens (tertiary/aromatic N) is 5. The summed E-state index contributed by atoms with van der Waals surface area (Å²) in [4.78, 5) is 10.9. The van der Waals surface area contributed by atoms with E-state index in [0.717, 1.165) is 31.4 Å². The van der Waals surface area contributed by atoms with Crippen molar-refractivity contribution in [2.45, 2.75) is 32.0 Å². The lowest BCUT2D eigenvalue weighted by atomic mass is 10.1. The molecular weight excluding hydrogens is 505 g/mol. The van der Waals surface area contributed by atoms with Gasteiger partial charge in [0.15, 0.2) is 5.96 Å². The molecule has 0 aliphatic carbocycles. The van der Waals surface area contributed by atoms with Gasteiger partial charge in [-0.05, 0) is 49.2 Å². The van der Waals surface area contributed by atoms with Crippen LogP contribution in [0.15, 0.2) is 64.7 Å². The van der Waals surface area contributed by atoms with Crippen molar-refractivity contribution in [3.8, 4) is 0 Å². The molecule has 0 bridgehead atoms. The fraction of sp³-hybridized carbons (Fsp3) is 0.409. The average molecular weight is 535 g/mol. The molecule has 1 aliphatic rings. The Balaban J connectivity index is 0.00000272. The molecule has 3 aromatic rings. The second-order valence-electron chi connectivity index (χ2n) is 7.49. The standard InChI is InChI=1S/C22H29N7O.HI/c1-23-22(26-14-20(21-8-5-11-30-21)28-9-2-3-10-28)25-13-18-6-4-7-19(12-18)15-29-17-24-16-27-29;/h4-8,11-12,16-17,20H,2-3,9-10,13-15H2,1H3,(H2,23,25,26);1H. The Hall–Kier alpha value is -2.40. The van der Waals surface area contributed by atoms with Crippen molar-refractivity contribution in [1.29, 1.82) is 0 Å². The smallest absolute Gasteiger partial charge is 0.191 e. The molecule has 9 heteroatoms. The van der Waals surface area contributed by atoms with E-state index in [2.05, 4.69) is 60.9 Å². The monoisotopic (exact) mass is 535 g/mol. The van der Waals surface area contributed by atoms with E-state index in [9.17, 15) is 0 Å². The molecule has 2 N–H and O–H groups in total. The molecule has 1 unspecified atom stereocenters. The number of aliphatic imine (C=N–C) groups is 1. The molecule has 1 atom stereocenters. The van der Waals surface area contributed by atoms with Gasteiger partial charge in [-0.2, -0.15) is 5.10 Å². The van der Waals surface area contributed by atoms with Crippen LogP contribution in [0.2, 0.25) is 0 Å². The van der Waals surface area contributed by atoms with Gasteiger partial charge in [0.25, 0.3) is 0 Å². The Bertz CT molecular complexity index is 921. The first-order chi connectivity index (χ1) is 14.8. The minimum Gasteiger partial charge on any atom is -0.468 e. The molecule has 1 saturated heterocycles. The third-order valence-electron chi connectivity index (χ3n) is 5.40. The lowest BCUT2D eigenvalue weighted by Gasteiger charge is -2.26. The quantitative estimate of drug-likeness (QED) is 0.262. The Labute approximate surface area is 200 Å². The molecule has 0 saturated carbocycles. The second-order valence-corrected chi connectivity index (χ2v) is 7.49. The van der Waals surface area contributed by atoms with Crippen molar-refractivity contribution < 1.29 is 4.42 Å². The van der Waals surface area contributed by atoms with Crippen LogP contribution in [0, 0.1) is 0 Å². The maximum absolute atomic E-state index is 5.71. The summed E-state index contributed by atoms with van der Waals surface area (Å²) in [5.74, 6) is 1.79. The highest BCUT2D eigenvalue weighted by Gasteiger charge is 2.25. The van der Waals surface area contributed by atoms with E-state index in [4.69, 9.17) is 4.42 Å². The van der Waals surface area contributed by atoms with Crippen LogP contribution in [-0.4, -0.2) is 52.3 Å². The van der Waals surface area contributed by atoms with E-state index in [1.807, 2.05) is 10.7 Å². The highest BCUT2D eigenvalue weighted by Crippen LogP contribution is 2.24. The van der Waals surface area contributed by atoms with Crippen LogP contribution in [0.4, 0.5) is 0 Å². The number of halogens is 1. The summed E-state index contributed by atoms with van der Waals surface area (Å²) in [5, 5.41) is 11.1. The third kappa shape index (κ3) is 6.54. The van der Waals surface area contributed by atoms with E-state index in [-0.39, 0.29) is 30.0 Å². The molecule has 8 nitrogen and oxygen atoms in total. The number of furan rings is 1. The van der Waals surface area contributed by atoms with Crippen LogP contribution in [0.1, 0.15) is 35.8 Å². The minimum absolute atomic E-state index is 0. The highest BCUT2D eigenvalue weighted by atomic mass is 127. The van der Waals surface area contributed by atoms with Gasteiger partial charge < -0.3 is 15.1 Å². The summed E-state index contributed by atoms with van der Waals surface area (Å²) in [6, 6.07) is 12.7. The molecule has 0 spiro atoms. The summed E-state index contributed by atoms with van der Waals surface area (Å²) < 4.78 is 7.53. The largest absolute Gasteiger partial charge is 0.468 e. The fourth-order valence-corrected chi connectivity index (χ4v) is 3.88. The van der Waals surface area contributed by atoms with E-state index in [1.165, 1.54) is 24.0 Å². The summed E-state index contributed by atoms with van der Waals surface area (Å²) in [6.45, 7) is 4.37. The number of rotatable bonds is 8.